The number of likely N-dealkylation sites (tertiary alicyclic amines) is 1. The number of carbonyl (C=O) groups is 2. The minimum Gasteiger partial charge on any atom is -0.494 e. The summed E-state index contributed by atoms with van der Waals surface area (Å²) in [7, 11) is 0. The lowest BCUT2D eigenvalue weighted by molar-refractivity contribution is -0.136. The number of nitrogens with zero attached hydrogens (tertiary/aromatic N) is 1. The molecule has 1 aliphatic rings. The number of hydrogen-bond donors (Lipinski definition) is 1. The Kier molecular flexibility index (Phi) is 6.30. The van der Waals surface area contributed by atoms with E-state index in [4.69, 9.17) is 9.47 Å². The number of carbonyl (C=O) groups excluding carboxylic acids is 2. The average Bonchev–Trinajstić information content (AvgIpc) is 2.67. The van der Waals surface area contributed by atoms with E-state index in [0.717, 1.165) is 18.6 Å². The van der Waals surface area contributed by atoms with Crippen molar-refractivity contribution in [1.82, 2.24) is 4.90 Å². The standard InChI is InChI=1S/C21H24N2O4/c1-2-26-16-10-12-17(13-11-16)27-19-8-4-3-7-18(19)22-20(24)15-23-14-6-5-9-21(23)25/h3-4,7-8,10-13H,2,5-6,9,14-15H2,1H3,(H,22,24). The number of ether oxygens (including phenoxy) is 2. The normalized spacial score (nSPS) is 14.0. The largest absolute Gasteiger partial charge is 0.494 e. The summed E-state index contributed by atoms with van der Waals surface area (Å²) in [5, 5.41) is 2.85. The Morgan fingerprint density at radius 3 is 2.56 bits per heavy atom. The molecule has 1 N–H and O–H groups in total. The van der Waals surface area contributed by atoms with Crippen LogP contribution in [0.3, 0.4) is 0 Å². The Morgan fingerprint density at radius 1 is 1.07 bits per heavy atom. The van der Waals surface area contributed by atoms with Gasteiger partial charge in [-0.3, -0.25) is 9.59 Å². The van der Waals surface area contributed by atoms with E-state index < -0.39 is 0 Å². The first-order valence-corrected chi connectivity index (χ1v) is 9.23. The van der Waals surface area contributed by atoms with Gasteiger partial charge < -0.3 is 19.7 Å². The predicted octanol–water partition coefficient (Wildman–Crippen LogP) is 3.83. The number of para-hydroxylation sites is 2. The van der Waals surface area contributed by atoms with Crippen LogP contribution in [-0.4, -0.2) is 36.4 Å². The Bertz CT molecular complexity index is 789. The first-order chi connectivity index (χ1) is 13.2. The van der Waals surface area contributed by atoms with E-state index in [-0.39, 0.29) is 18.4 Å². The zero-order valence-corrected chi connectivity index (χ0v) is 15.4. The summed E-state index contributed by atoms with van der Waals surface area (Å²) in [5.41, 5.74) is 0.570. The highest BCUT2D eigenvalue weighted by Gasteiger charge is 2.20. The van der Waals surface area contributed by atoms with Gasteiger partial charge in [-0.2, -0.15) is 0 Å². The van der Waals surface area contributed by atoms with Crippen molar-refractivity contribution in [1.29, 1.82) is 0 Å². The highest BCUT2D eigenvalue weighted by Crippen LogP contribution is 2.30. The second-order valence-corrected chi connectivity index (χ2v) is 6.32. The van der Waals surface area contributed by atoms with E-state index in [2.05, 4.69) is 5.32 Å². The van der Waals surface area contributed by atoms with Gasteiger partial charge in [0.2, 0.25) is 11.8 Å². The molecule has 0 saturated carbocycles. The monoisotopic (exact) mass is 368 g/mol. The zero-order chi connectivity index (χ0) is 19.1. The fraction of sp³-hybridized carbons (Fsp3) is 0.333. The van der Waals surface area contributed by atoms with Crippen molar-refractivity contribution in [3.63, 3.8) is 0 Å². The summed E-state index contributed by atoms with van der Waals surface area (Å²) in [6.07, 6.45) is 2.36. The summed E-state index contributed by atoms with van der Waals surface area (Å²) in [5.74, 6) is 1.77. The van der Waals surface area contributed by atoms with Crippen LogP contribution in [0.25, 0.3) is 0 Å². The minimum atomic E-state index is -0.229. The average molecular weight is 368 g/mol. The maximum Gasteiger partial charge on any atom is 0.244 e. The van der Waals surface area contributed by atoms with E-state index in [1.165, 1.54) is 0 Å². The molecule has 0 radical (unpaired) electrons. The number of piperidine rings is 1. The SMILES string of the molecule is CCOc1ccc(Oc2ccccc2NC(=O)CN2CCCCC2=O)cc1. The molecule has 1 aliphatic heterocycles. The Balaban J connectivity index is 1.64. The van der Waals surface area contributed by atoms with Crippen LogP contribution in [0.15, 0.2) is 48.5 Å². The van der Waals surface area contributed by atoms with Gasteiger partial charge >= 0.3 is 0 Å². The fourth-order valence-corrected chi connectivity index (χ4v) is 2.95. The topological polar surface area (TPSA) is 67.9 Å². The van der Waals surface area contributed by atoms with E-state index in [1.54, 1.807) is 17.0 Å². The molecule has 0 bridgehead atoms. The zero-order valence-electron chi connectivity index (χ0n) is 15.4. The van der Waals surface area contributed by atoms with Crippen LogP contribution in [0.1, 0.15) is 26.2 Å². The van der Waals surface area contributed by atoms with Crippen molar-refractivity contribution in [2.75, 3.05) is 25.0 Å². The van der Waals surface area contributed by atoms with Crippen LogP contribution in [0.5, 0.6) is 17.2 Å². The van der Waals surface area contributed by atoms with Gasteiger partial charge in [0.15, 0.2) is 5.75 Å². The number of hydrogen-bond acceptors (Lipinski definition) is 4. The van der Waals surface area contributed by atoms with Crippen LogP contribution >= 0.6 is 0 Å². The molecule has 1 heterocycles. The van der Waals surface area contributed by atoms with E-state index >= 15 is 0 Å². The van der Waals surface area contributed by atoms with Gasteiger partial charge in [-0.05, 0) is 56.2 Å². The molecule has 1 fully saturated rings. The second kappa shape index (κ2) is 9.07. The molecular formula is C21H24N2O4. The molecule has 6 nitrogen and oxygen atoms in total. The lowest BCUT2D eigenvalue weighted by atomic mass is 10.1. The molecule has 1 saturated heterocycles. The number of nitrogens with one attached hydrogen (secondary N) is 1. The van der Waals surface area contributed by atoms with Crippen molar-refractivity contribution < 1.29 is 19.1 Å². The molecule has 0 aromatic heterocycles. The molecule has 0 aliphatic carbocycles. The molecule has 0 atom stereocenters. The molecule has 27 heavy (non-hydrogen) atoms. The maximum atomic E-state index is 12.4. The molecule has 3 rings (SSSR count). The van der Waals surface area contributed by atoms with Gasteiger partial charge in [0, 0.05) is 13.0 Å². The van der Waals surface area contributed by atoms with Crippen LogP contribution in [-0.2, 0) is 9.59 Å². The van der Waals surface area contributed by atoms with Crippen LogP contribution in [0, 0.1) is 0 Å². The van der Waals surface area contributed by atoms with Gasteiger partial charge in [-0.25, -0.2) is 0 Å². The Morgan fingerprint density at radius 2 is 1.81 bits per heavy atom. The summed E-state index contributed by atoms with van der Waals surface area (Å²) >= 11 is 0. The molecule has 142 valence electrons. The first-order valence-electron chi connectivity index (χ1n) is 9.23. The number of amides is 2. The minimum absolute atomic E-state index is 0.0373. The predicted molar refractivity (Wildman–Crippen MR) is 103 cm³/mol. The fourth-order valence-electron chi connectivity index (χ4n) is 2.95. The molecule has 2 aromatic carbocycles. The highest BCUT2D eigenvalue weighted by molar-refractivity contribution is 5.95. The lowest BCUT2D eigenvalue weighted by Gasteiger charge is -2.26. The Labute approximate surface area is 159 Å². The number of rotatable bonds is 7. The smallest absolute Gasteiger partial charge is 0.244 e. The van der Waals surface area contributed by atoms with Crippen LogP contribution in [0.4, 0.5) is 5.69 Å². The van der Waals surface area contributed by atoms with Crippen molar-refractivity contribution >= 4 is 17.5 Å². The quantitative estimate of drug-likeness (QED) is 0.806. The van der Waals surface area contributed by atoms with Crippen molar-refractivity contribution in [3.05, 3.63) is 48.5 Å². The molecule has 0 spiro atoms. The maximum absolute atomic E-state index is 12.4. The van der Waals surface area contributed by atoms with Crippen LogP contribution < -0.4 is 14.8 Å². The number of anilines is 1. The van der Waals surface area contributed by atoms with Crippen molar-refractivity contribution in [2.24, 2.45) is 0 Å². The van der Waals surface area contributed by atoms with Gasteiger partial charge in [0.05, 0.1) is 18.8 Å². The third-order valence-electron chi connectivity index (χ3n) is 4.28. The van der Waals surface area contributed by atoms with Crippen LogP contribution in [0.2, 0.25) is 0 Å². The molecule has 6 heteroatoms. The molecule has 2 aromatic rings. The summed E-state index contributed by atoms with van der Waals surface area (Å²) in [4.78, 5) is 25.9. The molecule has 2 amide bonds. The van der Waals surface area contributed by atoms with Gasteiger partial charge in [-0.15, -0.1) is 0 Å². The van der Waals surface area contributed by atoms with E-state index in [0.29, 0.717) is 36.8 Å². The van der Waals surface area contributed by atoms with Gasteiger partial charge in [0.1, 0.15) is 11.5 Å². The van der Waals surface area contributed by atoms with E-state index in [1.807, 2.05) is 43.3 Å². The van der Waals surface area contributed by atoms with Crippen molar-refractivity contribution in [2.45, 2.75) is 26.2 Å². The van der Waals surface area contributed by atoms with Gasteiger partial charge in [-0.1, -0.05) is 12.1 Å². The first kappa shape index (κ1) is 18.8. The molecular weight excluding hydrogens is 344 g/mol. The third-order valence-corrected chi connectivity index (χ3v) is 4.28. The third kappa shape index (κ3) is 5.23. The second-order valence-electron chi connectivity index (χ2n) is 6.32. The lowest BCUT2D eigenvalue weighted by Crippen LogP contribution is -2.40. The summed E-state index contributed by atoms with van der Waals surface area (Å²) in [6.45, 7) is 3.24. The highest BCUT2D eigenvalue weighted by atomic mass is 16.5. The summed E-state index contributed by atoms with van der Waals surface area (Å²) in [6, 6.07) is 14.5. The summed E-state index contributed by atoms with van der Waals surface area (Å²) < 4.78 is 11.3. The Hall–Kier alpha value is -3.02. The van der Waals surface area contributed by atoms with E-state index in [9.17, 15) is 9.59 Å². The van der Waals surface area contributed by atoms with Gasteiger partial charge in [0.25, 0.3) is 0 Å². The molecule has 0 unspecified atom stereocenters. The number of benzene rings is 2. The van der Waals surface area contributed by atoms with Crippen molar-refractivity contribution in [3.8, 4) is 17.2 Å².